The summed E-state index contributed by atoms with van der Waals surface area (Å²) >= 11 is 5.71. The Morgan fingerprint density at radius 3 is 2.00 bits per heavy atom. The number of unbranched alkanes of at least 4 members (excludes halogenated alkanes) is 1. The van der Waals surface area contributed by atoms with E-state index in [0.717, 1.165) is 57.1 Å². The minimum atomic E-state index is -4.17. The van der Waals surface area contributed by atoms with Crippen molar-refractivity contribution in [1.82, 2.24) is 0 Å². The molecule has 3 rings (SSSR count). The molecule has 7 heteroatoms. The second-order valence-electron chi connectivity index (χ2n) is 8.62. The quantitative estimate of drug-likeness (QED) is 0.247. The maximum atomic E-state index is 14.5. The van der Waals surface area contributed by atoms with Gasteiger partial charge in [0.05, 0.1) is 6.67 Å². The molecule has 0 N–H and O–H groups in total. The van der Waals surface area contributed by atoms with Gasteiger partial charge in [-0.2, -0.15) is 8.78 Å². The first-order valence-electron chi connectivity index (χ1n) is 11.1. The summed E-state index contributed by atoms with van der Waals surface area (Å²) in [6.45, 7) is -0.263. The van der Waals surface area contributed by atoms with Gasteiger partial charge in [-0.25, -0.2) is 8.78 Å². The Kier molecular flexibility index (Phi) is 8.80. The number of rotatable bonds is 10. The zero-order chi connectivity index (χ0) is 23.1. The van der Waals surface area contributed by atoms with Crippen LogP contribution < -0.4 is 4.74 Å². The molecule has 1 nitrogen and oxygen atoms in total. The van der Waals surface area contributed by atoms with Crippen LogP contribution in [0.1, 0.15) is 62.5 Å². The highest BCUT2D eigenvalue weighted by Crippen LogP contribution is 2.37. The number of alkyl halides is 3. The third-order valence-corrected chi connectivity index (χ3v) is 6.51. The van der Waals surface area contributed by atoms with Gasteiger partial charge in [-0.1, -0.05) is 50.1 Å². The summed E-state index contributed by atoms with van der Waals surface area (Å²) in [6.07, 6.45) is 3.87. The standard InChI is InChI=1S/C25H28ClF5O/c26-20-10-12-21(13-11-20)32-25(30,31)24-22(28)15-19(16-23(24)29)9-8-18-6-4-17(5-7-18)3-1-2-14-27/h10-13,15-18H,1-9,14H2. The lowest BCUT2D eigenvalue weighted by atomic mass is 9.78. The fourth-order valence-electron chi connectivity index (χ4n) is 4.46. The minimum Gasteiger partial charge on any atom is -0.429 e. The summed E-state index contributed by atoms with van der Waals surface area (Å²) in [5.41, 5.74) is -1.04. The Hall–Kier alpha value is -1.82. The topological polar surface area (TPSA) is 9.23 Å². The van der Waals surface area contributed by atoms with Crippen molar-refractivity contribution in [3.05, 3.63) is 64.2 Å². The third kappa shape index (κ3) is 6.84. The lowest BCUT2D eigenvalue weighted by molar-refractivity contribution is -0.189. The first-order chi connectivity index (χ1) is 15.3. The van der Waals surface area contributed by atoms with Crippen LogP contribution in [0.2, 0.25) is 5.02 Å². The maximum absolute atomic E-state index is 14.5. The number of halogens is 6. The van der Waals surface area contributed by atoms with Gasteiger partial charge >= 0.3 is 6.11 Å². The molecule has 176 valence electrons. The third-order valence-electron chi connectivity index (χ3n) is 6.26. The molecule has 32 heavy (non-hydrogen) atoms. The molecule has 0 amide bonds. The van der Waals surface area contributed by atoms with Crippen molar-refractivity contribution < 1.29 is 26.7 Å². The van der Waals surface area contributed by atoms with Crippen LogP contribution in [0.5, 0.6) is 5.75 Å². The Labute approximate surface area is 190 Å². The van der Waals surface area contributed by atoms with E-state index in [4.69, 9.17) is 11.6 Å². The van der Waals surface area contributed by atoms with Gasteiger partial charge in [0.15, 0.2) is 0 Å². The molecular weight excluding hydrogens is 447 g/mol. The molecule has 0 bridgehead atoms. The molecule has 0 aliphatic heterocycles. The van der Waals surface area contributed by atoms with E-state index in [-0.39, 0.29) is 12.4 Å². The largest absolute Gasteiger partial charge is 0.432 e. The van der Waals surface area contributed by atoms with Crippen LogP contribution >= 0.6 is 11.6 Å². The van der Waals surface area contributed by atoms with E-state index in [2.05, 4.69) is 4.74 Å². The molecule has 0 spiro atoms. The summed E-state index contributed by atoms with van der Waals surface area (Å²) in [5, 5.41) is 0.327. The molecular formula is C25H28ClF5O. The van der Waals surface area contributed by atoms with E-state index in [9.17, 15) is 22.0 Å². The molecule has 0 saturated heterocycles. The van der Waals surface area contributed by atoms with Gasteiger partial charge < -0.3 is 4.74 Å². The van der Waals surface area contributed by atoms with Crippen molar-refractivity contribution in [3.8, 4) is 5.75 Å². The highest BCUT2D eigenvalue weighted by atomic mass is 35.5. The van der Waals surface area contributed by atoms with Crippen molar-refractivity contribution in [2.45, 2.75) is 63.9 Å². The summed E-state index contributed by atoms with van der Waals surface area (Å²) in [5.74, 6) is -1.81. The van der Waals surface area contributed by atoms with Gasteiger partial charge in [-0.15, -0.1) is 0 Å². The van der Waals surface area contributed by atoms with Crippen LogP contribution in [0.25, 0.3) is 0 Å². The summed E-state index contributed by atoms with van der Waals surface area (Å²) in [7, 11) is 0. The van der Waals surface area contributed by atoms with Crippen LogP contribution in [0.3, 0.4) is 0 Å². The lowest BCUT2D eigenvalue weighted by Gasteiger charge is -2.28. The number of benzene rings is 2. The molecule has 0 atom stereocenters. The van der Waals surface area contributed by atoms with Crippen LogP contribution in [-0.4, -0.2) is 6.67 Å². The average molecular weight is 475 g/mol. The molecule has 0 heterocycles. The van der Waals surface area contributed by atoms with Crippen LogP contribution in [0, 0.1) is 23.5 Å². The second kappa shape index (κ2) is 11.4. The van der Waals surface area contributed by atoms with Gasteiger partial charge in [-0.3, -0.25) is 4.39 Å². The van der Waals surface area contributed by atoms with E-state index >= 15 is 0 Å². The zero-order valence-electron chi connectivity index (χ0n) is 17.9. The van der Waals surface area contributed by atoms with Gasteiger partial charge in [0, 0.05) is 5.02 Å². The molecule has 1 aliphatic carbocycles. The monoisotopic (exact) mass is 474 g/mol. The van der Waals surface area contributed by atoms with Gasteiger partial charge in [-0.05, 0) is 73.1 Å². The smallest absolute Gasteiger partial charge is 0.429 e. The normalized spacial score (nSPS) is 19.2. The lowest BCUT2D eigenvalue weighted by Crippen LogP contribution is -2.25. The second-order valence-corrected chi connectivity index (χ2v) is 9.05. The van der Waals surface area contributed by atoms with Crippen molar-refractivity contribution in [2.75, 3.05) is 6.67 Å². The maximum Gasteiger partial charge on any atom is 0.432 e. The number of aryl methyl sites for hydroxylation is 1. The van der Waals surface area contributed by atoms with Gasteiger partial charge in [0.2, 0.25) is 0 Å². The predicted molar refractivity (Wildman–Crippen MR) is 116 cm³/mol. The minimum absolute atomic E-state index is 0.248. The van der Waals surface area contributed by atoms with Crippen molar-refractivity contribution in [2.24, 2.45) is 11.8 Å². The van der Waals surface area contributed by atoms with E-state index in [1.54, 1.807) is 0 Å². The molecule has 0 aromatic heterocycles. The highest BCUT2D eigenvalue weighted by molar-refractivity contribution is 6.30. The molecule has 0 radical (unpaired) electrons. The summed E-state index contributed by atoms with van der Waals surface area (Å²) < 4.78 is 74.7. The Bertz CT molecular complexity index is 840. The molecule has 2 aromatic carbocycles. The molecule has 0 unspecified atom stereocenters. The number of ether oxygens (including phenoxy) is 1. The average Bonchev–Trinajstić information content (AvgIpc) is 2.74. The van der Waals surface area contributed by atoms with Gasteiger partial charge in [0.25, 0.3) is 0 Å². The first kappa shape index (κ1) is 24.8. The first-order valence-corrected chi connectivity index (χ1v) is 11.5. The van der Waals surface area contributed by atoms with Crippen LogP contribution in [0.15, 0.2) is 36.4 Å². The molecule has 1 saturated carbocycles. The van der Waals surface area contributed by atoms with E-state index in [1.165, 1.54) is 24.3 Å². The van der Waals surface area contributed by atoms with E-state index < -0.39 is 23.3 Å². The highest BCUT2D eigenvalue weighted by Gasteiger charge is 2.41. The number of hydrogen-bond acceptors (Lipinski definition) is 1. The molecule has 2 aromatic rings. The Balaban J connectivity index is 1.57. The Morgan fingerprint density at radius 1 is 0.875 bits per heavy atom. The van der Waals surface area contributed by atoms with Gasteiger partial charge in [0.1, 0.15) is 22.9 Å². The predicted octanol–water partition coefficient (Wildman–Crippen LogP) is 8.63. The van der Waals surface area contributed by atoms with Crippen molar-refractivity contribution >= 4 is 11.6 Å². The van der Waals surface area contributed by atoms with E-state index in [0.29, 0.717) is 35.3 Å². The van der Waals surface area contributed by atoms with Crippen LogP contribution in [-0.2, 0) is 12.5 Å². The van der Waals surface area contributed by atoms with Crippen molar-refractivity contribution in [3.63, 3.8) is 0 Å². The summed E-state index contributed by atoms with van der Waals surface area (Å²) in [4.78, 5) is 0. The molecule has 1 fully saturated rings. The fourth-order valence-corrected chi connectivity index (χ4v) is 4.58. The molecule has 1 aliphatic rings. The Morgan fingerprint density at radius 2 is 1.44 bits per heavy atom. The number of hydrogen-bond donors (Lipinski definition) is 0. The SMILES string of the molecule is FCCCCC1CCC(CCc2cc(F)c(C(F)(F)Oc3ccc(Cl)cc3)c(F)c2)CC1. The van der Waals surface area contributed by atoms with Crippen LogP contribution in [0.4, 0.5) is 22.0 Å². The zero-order valence-corrected chi connectivity index (χ0v) is 18.6. The fraction of sp³-hybridized carbons (Fsp3) is 0.520. The van der Waals surface area contributed by atoms with Crippen molar-refractivity contribution in [1.29, 1.82) is 0 Å². The summed E-state index contributed by atoms with van der Waals surface area (Å²) in [6, 6.07) is 7.05. The van der Waals surface area contributed by atoms with E-state index in [1.807, 2.05) is 0 Å².